The van der Waals surface area contributed by atoms with Crippen molar-refractivity contribution in [3.63, 3.8) is 0 Å². The lowest BCUT2D eigenvalue weighted by molar-refractivity contribution is 0.310. The summed E-state index contributed by atoms with van der Waals surface area (Å²) in [5.41, 5.74) is 1.18. The number of aryl methyl sites for hydroxylation is 1. The summed E-state index contributed by atoms with van der Waals surface area (Å²) in [6.45, 7) is 6.27. The van der Waals surface area contributed by atoms with Crippen LogP contribution in [0.15, 0.2) is 6.20 Å². The van der Waals surface area contributed by atoms with Gasteiger partial charge in [-0.25, -0.2) is 0 Å². The minimum Gasteiger partial charge on any atom is -0.309 e. The molecule has 1 aliphatic rings. The minimum absolute atomic E-state index is 0.349. The first-order chi connectivity index (χ1) is 10.3. The van der Waals surface area contributed by atoms with E-state index in [0.29, 0.717) is 6.04 Å². The van der Waals surface area contributed by atoms with Gasteiger partial charge in [0.1, 0.15) is 0 Å². The molecule has 1 atom stereocenters. The van der Waals surface area contributed by atoms with Crippen LogP contribution in [0.1, 0.15) is 76.9 Å². The van der Waals surface area contributed by atoms with Crippen molar-refractivity contribution in [3.05, 3.63) is 16.9 Å². The molecule has 3 nitrogen and oxygen atoms in total. The lowest BCUT2D eigenvalue weighted by atomic mass is 9.85. The molecule has 1 aromatic rings. The highest BCUT2D eigenvalue weighted by atomic mass is 35.5. The third kappa shape index (κ3) is 4.72. The molecule has 0 aromatic carbocycles. The van der Waals surface area contributed by atoms with Crippen LogP contribution in [0.25, 0.3) is 0 Å². The zero-order valence-corrected chi connectivity index (χ0v) is 14.3. The first-order valence-corrected chi connectivity index (χ1v) is 9.08. The maximum atomic E-state index is 6.40. The van der Waals surface area contributed by atoms with Gasteiger partial charge in [0, 0.05) is 6.54 Å². The number of rotatable bonds is 8. The Hall–Kier alpha value is -0.540. The molecule has 21 heavy (non-hydrogen) atoms. The minimum atomic E-state index is 0.349. The third-order valence-electron chi connectivity index (χ3n) is 4.69. The smallest absolute Gasteiger partial charge is 0.0834 e. The van der Waals surface area contributed by atoms with E-state index in [1.165, 1.54) is 50.6 Å². The number of halogens is 1. The molecule has 0 amide bonds. The monoisotopic (exact) mass is 311 g/mol. The molecular formula is C17H30ClN3. The van der Waals surface area contributed by atoms with Crippen molar-refractivity contribution in [1.82, 2.24) is 15.1 Å². The fraction of sp³-hybridized carbons (Fsp3) is 0.824. The van der Waals surface area contributed by atoms with Crippen LogP contribution in [-0.2, 0) is 6.54 Å². The van der Waals surface area contributed by atoms with E-state index < -0.39 is 0 Å². The van der Waals surface area contributed by atoms with E-state index in [2.05, 4.69) is 28.9 Å². The first kappa shape index (κ1) is 16.8. The Labute approximate surface area is 134 Å². The molecule has 0 spiro atoms. The molecule has 1 aliphatic carbocycles. The Morgan fingerprint density at radius 2 is 2.10 bits per heavy atom. The van der Waals surface area contributed by atoms with Crippen LogP contribution in [0.2, 0.25) is 5.02 Å². The van der Waals surface area contributed by atoms with Gasteiger partial charge in [-0.1, -0.05) is 50.6 Å². The van der Waals surface area contributed by atoms with Gasteiger partial charge in [0.25, 0.3) is 0 Å². The lowest BCUT2D eigenvalue weighted by Gasteiger charge is -2.25. The van der Waals surface area contributed by atoms with Crippen molar-refractivity contribution in [2.75, 3.05) is 6.54 Å². The van der Waals surface area contributed by atoms with Crippen molar-refractivity contribution >= 4 is 11.6 Å². The number of nitrogens with one attached hydrogen (secondary N) is 1. The van der Waals surface area contributed by atoms with Gasteiger partial charge in [0.05, 0.1) is 23.0 Å². The molecule has 120 valence electrons. The van der Waals surface area contributed by atoms with Gasteiger partial charge in [-0.3, -0.25) is 4.68 Å². The van der Waals surface area contributed by atoms with Crippen LogP contribution in [-0.4, -0.2) is 16.3 Å². The predicted octanol–water partition coefficient (Wildman–Crippen LogP) is 4.96. The summed E-state index contributed by atoms with van der Waals surface area (Å²) in [7, 11) is 0. The second kappa shape index (κ2) is 8.79. The van der Waals surface area contributed by atoms with Crippen molar-refractivity contribution in [3.8, 4) is 0 Å². The van der Waals surface area contributed by atoms with Crippen molar-refractivity contribution < 1.29 is 0 Å². The van der Waals surface area contributed by atoms with E-state index in [1.54, 1.807) is 6.20 Å². The molecule has 0 aliphatic heterocycles. The number of hydrogen-bond donors (Lipinski definition) is 1. The van der Waals surface area contributed by atoms with Crippen LogP contribution in [0.4, 0.5) is 0 Å². The molecule has 1 aromatic heterocycles. The summed E-state index contributed by atoms with van der Waals surface area (Å²) in [4.78, 5) is 0. The van der Waals surface area contributed by atoms with E-state index in [1.807, 2.05) is 0 Å². The summed E-state index contributed by atoms with van der Waals surface area (Å²) < 4.78 is 2.05. The Bertz CT molecular complexity index is 410. The molecule has 1 heterocycles. The molecule has 0 radical (unpaired) electrons. The number of nitrogens with zero attached hydrogens (tertiary/aromatic N) is 2. The van der Waals surface area contributed by atoms with Gasteiger partial charge < -0.3 is 5.32 Å². The highest BCUT2D eigenvalue weighted by Gasteiger charge is 2.21. The van der Waals surface area contributed by atoms with E-state index >= 15 is 0 Å². The molecule has 1 fully saturated rings. The zero-order chi connectivity index (χ0) is 15.1. The SMILES string of the molecule is CCCNC(CCC1CCCCC1)c1c(Cl)cnn1CC. The maximum absolute atomic E-state index is 6.40. The largest absolute Gasteiger partial charge is 0.309 e. The molecule has 4 heteroatoms. The molecule has 1 N–H and O–H groups in total. The second-order valence-electron chi connectivity index (χ2n) is 6.28. The summed E-state index contributed by atoms with van der Waals surface area (Å²) in [6, 6.07) is 0.349. The summed E-state index contributed by atoms with van der Waals surface area (Å²) in [5, 5.41) is 8.90. The maximum Gasteiger partial charge on any atom is 0.0834 e. The Balaban J connectivity index is 2.00. The van der Waals surface area contributed by atoms with Crippen LogP contribution in [0.3, 0.4) is 0 Å². The predicted molar refractivity (Wildman–Crippen MR) is 89.8 cm³/mol. The quantitative estimate of drug-likeness (QED) is 0.735. The molecular weight excluding hydrogens is 282 g/mol. The third-order valence-corrected chi connectivity index (χ3v) is 4.98. The Kier molecular flexibility index (Phi) is 7.05. The average molecular weight is 312 g/mol. The molecule has 2 rings (SSSR count). The van der Waals surface area contributed by atoms with Crippen LogP contribution in [0.5, 0.6) is 0 Å². The molecule has 0 bridgehead atoms. The molecule has 1 saturated carbocycles. The van der Waals surface area contributed by atoms with Crippen LogP contribution < -0.4 is 5.32 Å². The standard InChI is InChI=1S/C17H30ClN3/c1-3-12-19-16(11-10-14-8-6-5-7-9-14)17-15(18)13-20-21(17)4-2/h13-14,16,19H,3-12H2,1-2H3. The zero-order valence-electron chi connectivity index (χ0n) is 13.6. The van der Waals surface area contributed by atoms with Gasteiger partial charge in [0.2, 0.25) is 0 Å². The molecule has 0 saturated heterocycles. The number of aromatic nitrogens is 2. The van der Waals surface area contributed by atoms with Crippen LogP contribution >= 0.6 is 11.6 Å². The van der Waals surface area contributed by atoms with E-state index in [-0.39, 0.29) is 0 Å². The topological polar surface area (TPSA) is 29.9 Å². The van der Waals surface area contributed by atoms with Crippen molar-refractivity contribution in [2.45, 2.75) is 77.8 Å². The first-order valence-electron chi connectivity index (χ1n) is 8.70. The van der Waals surface area contributed by atoms with Crippen LogP contribution in [0, 0.1) is 5.92 Å². The fourth-order valence-corrected chi connectivity index (χ4v) is 3.78. The summed E-state index contributed by atoms with van der Waals surface area (Å²) in [6.07, 6.45) is 12.5. The second-order valence-corrected chi connectivity index (χ2v) is 6.69. The van der Waals surface area contributed by atoms with Gasteiger partial charge in [-0.15, -0.1) is 0 Å². The van der Waals surface area contributed by atoms with E-state index in [9.17, 15) is 0 Å². The Morgan fingerprint density at radius 1 is 1.33 bits per heavy atom. The van der Waals surface area contributed by atoms with E-state index in [4.69, 9.17) is 11.6 Å². The van der Waals surface area contributed by atoms with Gasteiger partial charge in [0.15, 0.2) is 0 Å². The van der Waals surface area contributed by atoms with Gasteiger partial charge >= 0.3 is 0 Å². The highest BCUT2D eigenvalue weighted by molar-refractivity contribution is 6.31. The summed E-state index contributed by atoms with van der Waals surface area (Å²) >= 11 is 6.40. The Morgan fingerprint density at radius 3 is 2.76 bits per heavy atom. The van der Waals surface area contributed by atoms with Crippen molar-refractivity contribution in [1.29, 1.82) is 0 Å². The number of hydrogen-bond acceptors (Lipinski definition) is 2. The lowest BCUT2D eigenvalue weighted by Crippen LogP contribution is -2.26. The average Bonchev–Trinajstić information content (AvgIpc) is 2.89. The molecule has 1 unspecified atom stereocenters. The fourth-order valence-electron chi connectivity index (χ4n) is 3.50. The van der Waals surface area contributed by atoms with Crippen molar-refractivity contribution in [2.24, 2.45) is 5.92 Å². The summed E-state index contributed by atoms with van der Waals surface area (Å²) in [5.74, 6) is 0.918. The highest BCUT2D eigenvalue weighted by Crippen LogP contribution is 2.32. The van der Waals surface area contributed by atoms with Gasteiger partial charge in [-0.2, -0.15) is 5.10 Å². The van der Waals surface area contributed by atoms with Gasteiger partial charge in [-0.05, 0) is 38.6 Å². The normalized spacial score (nSPS) is 18.0. The van der Waals surface area contributed by atoms with E-state index in [0.717, 1.165) is 30.5 Å².